The highest BCUT2D eigenvalue weighted by Gasteiger charge is 2.28. The maximum absolute atomic E-state index is 12.9. The van der Waals surface area contributed by atoms with Crippen molar-refractivity contribution in [3.05, 3.63) is 92.4 Å². The van der Waals surface area contributed by atoms with Crippen LogP contribution in [0.15, 0.2) is 59.0 Å². The van der Waals surface area contributed by atoms with Crippen molar-refractivity contribution in [2.24, 2.45) is 0 Å². The van der Waals surface area contributed by atoms with Gasteiger partial charge in [-0.25, -0.2) is 4.79 Å². The zero-order valence-electron chi connectivity index (χ0n) is 16.0. The number of halogens is 1. The number of nitrogens with one attached hydrogen (secondary N) is 1. The maximum atomic E-state index is 12.9. The molecule has 30 heavy (non-hydrogen) atoms. The van der Waals surface area contributed by atoms with E-state index in [0.717, 1.165) is 6.07 Å². The van der Waals surface area contributed by atoms with Gasteiger partial charge in [-0.2, -0.15) is 0 Å². The number of nitro groups is 1. The number of furan rings is 1. The van der Waals surface area contributed by atoms with E-state index < -0.39 is 22.9 Å². The molecule has 0 bridgehead atoms. The maximum Gasteiger partial charge on any atom is 0.342 e. The van der Waals surface area contributed by atoms with Crippen LogP contribution in [0.2, 0.25) is 5.02 Å². The second kappa shape index (κ2) is 8.79. The predicted molar refractivity (Wildman–Crippen MR) is 110 cm³/mol. The molecule has 2 aromatic carbocycles. The van der Waals surface area contributed by atoms with Gasteiger partial charge in [0.05, 0.1) is 15.6 Å². The number of anilines is 1. The number of hydrogen-bond acceptors (Lipinski definition) is 6. The second-order valence-electron chi connectivity index (χ2n) is 6.43. The number of carbonyl (C=O) groups excluding carboxylic acids is 2. The Morgan fingerprint density at radius 2 is 1.83 bits per heavy atom. The molecule has 0 aliphatic rings. The Hall–Kier alpha value is -3.65. The standard InChI is InChI=1S/C21H17ClN2O6/c1-12-10-16(13(2)29-12)21(26)30-19(14-6-4-3-5-7-14)20(25)23-18-9-8-15(24(27)28)11-17(18)22/h3-11,19H,1-2H3,(H,23,25). The molecule has 1 atom stereocenters. The largest absolute Gasteiger partial charge is 0.466 e. The predicted octanol–water partition coefficient (Wildman–Crippen LogP) is 4.99. The molecule has 0 saturated carbocycles. The van der Waals surface area contributed by atoms with Crippen LogP contribution in [-0.2, 0) is 9.53 Å². The van der Waals surface area contributed by atoms with Gasteiger partial charge in [0, 0.05) is 17.7 Å². The van der Waals surface area contributed by atoms with Crippen molar-refractivity contribution in [2.75, 3.05) is 5.32 Å². The van der Waals surface area contributed by atoms with E-state index in [4.69, 9.17) is 20.8 Å². The van der Waals surface area contributed by atoms with E-state index in [-0.39, 0.29) is 22.0 Å². The lowest BCUT2D eigenvalue weighted by Gasteiger charge is -2.18. The molecule has 1 unspecified atom stereocenters. The Kier molecular flexibility index (Phi) is 6.17. The first-order valence-electron chi connectivity index (χ1n) is 8.84. The molecule has 1 N–H and O–H groups in total. The molecular formula is C21H17ClN2O6. The first-order chi connectivity index (χ1) is 14.3. The summed E-state index contributed by atoms with van der Waals surface area (Å²) < 4.78 is 10.8. The molecule has 1 aromatic heterocycles. The molecule has 0 aliphatic carbocycles. The summed E-state index contributed by atoms with van der Waals surface area (Å²) in [5.41, 5.74) is 0.600. The molecule has 3 rings (SSSR count). The fourth-order valence-corrected chi connectivity index (χ4v) is 3.04. The number of nitro benzene ring substituents is 1. The lowest BCUT2D eigenvalue weighted by Crippen LogP contribution is -2.26. The van der Waals surface area contributed by atoms with Crippen LogP contribution in [0.3, 0.4) is 0 Å². The monoisotopic (exact) mass is 428 g/mol. The van der Waals surface area contributed by atoms with Gasteiger partial charge in [-0.3, -0.25) is 14.9 Å². The topological polar surface area (TPSA) is 112 Å². The highest BCUT2D eigenvalue weighted by Crippen LogP contribution is 2.29. The number of amides is 1. The number of aryl methyl sites for hydroxylation is 2. The van der Waals surface area contributed by atoms with Crippen LogP contribution >= 0.6 is 11.6 Å². The molecule has 154 valence electrons. The summed E-state index contributed by atoms with van der Waals surface area (Å²) in [6.07, 6.45) is -1.28. The third kappa shape index (κ3) is 4.66. The van der Waals surface area contributed by atoms with Crippen molar-refractivity contribution in [1.82, 2.24) is 0 Å². The summed E-state index contributed by atoms with van der Waals surface area (Å²) >= 11 is 6.05. The van der Waals surface area contributed by atoms with E-state index in [0.29, 0.717) is 17.1 Å². The minimum atomic E-state index is -1.28. The Morgan fingerprint density at radius 1 is 1.13 bits per heavy atom. The molecular weight excluding hydrogens is 412 g/mol. The van der Waals surface area contributed by atoms with E-state index in [9.17, 15) is 19.7 Å². The van der Waals surface area contributed by atoms with Crippen LogP contribution in [0.1, 0.15) is 33.5 Å². The van der Waals surface area contributed by atoms with Crippen molar-refractivity contribution >= 4 is 34.9 Å². The average molecular weight is 429 g/mol. The molecule has 0 spiro atoms. The van der Waals surface area contributed by atoms with Gasteiger partial charge in [0.2, 0.25) is 6.10 Å². The lowest BCUT2D eigenvalue weighted by molar-refractivity contribution is -0.384. The summed E-state index contributed by atoms with van der Waals surface area (Å²) in [6.45, 7) is 3.32. The van der Waals surface area contributed by atoms with Gasteiger partial charge in [0.1, 0.15) is 17.1 Å². The fraction of sp³-hybridized carbons (Fsp3) is 0.143. The minimum absolute atomic E-state index is 0.0167. The van der Waals surface area contributed by atoms with Crippen LogP contribution in [0.5, 0.6) is 0 Å². The zero-order chi connectivity index (χ0) is 21.8. The molecule has 0 aliphatic heterocycles. The van der Waals surface area contributed by atoms with Gasteiger partial charge >= 0.3 is 5.97 Å². The van der Waals surface area contributed by atoms with Crippen molar-refractivity contribution in [1.29, 1.82) is 0 Å². The highest BCUT2D eigenvalue weighted by atomic mass is 35.5. The second-order valence-corrected chi connectivity index (χ2v) is 6.84. The van der Waals surface area contributed by atoms with Crippen LogP contribution in [0, 0.1) is 24.0 Å². The van der Waals surface area contributed by atoms with Gasteiger partial charge in [0.15, 0.2) is 0 Å². The summed E-state index contributed by atoms with van der Waals surface area (Å²) in [7, 11) is 0. The van der Waals surface area contributed by atoms with E-state index in [1.165, 1.54) is 18.2 Å². The third-order valence-electron chi connectivity index (χ3n) is 4.25. The van der Waals surface area contributed by atoms with Gasteiger partial charge in [0.25, 0.3) is 11.6 Å². The first-order valence-corrected chi connectivity index (χ1v) is 9.22. The summed E-state index contributed by atoms with van der Waals surface area (Å²) in [5, 5.41) is 13.4. The average Bonchev–Trinajstić information content (AvgIpc) is 3.06. The number of carbonyl (C=O) groups is 2. The van der Waals surface area contributed by atoms with Crippen molar-refractivity contribution < 1.29 is 23.7 Å². The normalized spacial score (nSPS) is 11.6. The number of non-ortho nitro benzene ring substituents is 1. The van der Waals surface area contributed by atoms with Gasteiger partial charge < -0.3 is 14.5 Å². The van der Waals surface area contributed by atoms with Crippen LogP contribution < -0.4 is 5.32 Å². The molecule has 1 heterocycles. The summed E-state index contributed by atoms with van der Waals surface area (Å²) in [5.74, 6) is -0.465. The van der Waals surface area contributed by atoms with E-state index in [1.807, 2.05) is 0 Å². The first kappa shape index (κ1) is 21.1. The van der Waals surface area contributed by atoms with E-state index in [1.54, 1.807) is 44.2 Å². The number of nitrogens with zero attached hydrogens (tertiary/aromatic N) is 1. The summed E-state index contributed by atoms with van der Waals surface area (Å²) in [4.78, 5) is 35.8. The lowest BCUT2D eigenvalue weighted by atomic mass is 10.1. The highest BCUT2D eigenvalue weighted by molar-refractivity contribution is 6.34. The Morgan fingerprint density at radius 3 is 2.40 bits per heavy atom. The Bertz CT molecular complexity index is 1110. The third-order valence-corrected chi connectivity index (χ3v) is 4.56. The summed E-state index contributed by atoms with van der Waals surface area (Å²) in [6, 6.07) is 13.6. The number of hydrogen-bond donors (Lipinski definition) is 1. The number of ether oxygens (including phenoxy) is 1. The molecule has 0 fully saturated rings. The van der Waals surface area contributed by atoms with Crippen molar-refractivity contribution in [3.63, 3.8) is 0 Å². The smallest absolute Gasteiger partial charge is 0.342 e. The molecule has 0 saturated heterocycles. The van der Waals surface area contributed by atoms with Gasteiger partial charge in [-0.05, 0) is 26.0 Å². The fourth-order valence-electron chi connectivity index (χ4n) is 2.82. The Balaban J connectivity index is 1.87. The van der Waals surface area contributed by atoms with Gasteiger partial charge in [-0.15, -0.1) is 0 Å². The van der Waals surface area contributed by atoms with E-state index in [2.05, 4.69) is 5.32 Å². The minimum Gasteiger partial charge on any atom is -0.466 e. The van der Waals surface area contributed by atoms with Crippen LogP contribution in [0.25, 0.3) is 0 Å². The molecule has 3 aromatic rings. The number of esters is 1. The van der Waals surface area contributed by atoms with Crippen molar-refractivity contribution in [3.8, 4) is 0 Å². The van der Waals surface area contributed by atoms with Crippen molar-refractivity contribution in [2.45, 2.75) is 20.0 Å². The molecule has 1 amide bonds. The van der Waals surface area contributed by atoms with E-state index >= 15 is 0 Å². The molecule has 0 radical (unpaired) electrons. The molecule has 8 nitrogen and oxygen atoms in total. The Labute approximate surface area is 176 Å². The van der Waals surface area contributed by atoms with Crippen LogP contribution in [0.4, 0.5) is 11.4 Å². The van der Waals surface area contributed by atoms with Gasteiger partial charge in [-0.1, -0.05) is 41.9 Å². The zero-order valence-corrected chi connectivity index (χ0v) is 16.8. The number of rotatable bonds is 6. The quantitative estimate of drug-likeness (QED) is 0.336. The number of benzene rings is 2. The SMILES string of the molecule is Cc1cc(C(=O)OC(C(=O)Nc2ccc([N+](=O)[O-])cc2Cl)c2ccccc2)c(C)o1. The molecule has 9 heteroatoms. The van der Waals surface area contributed by atoms with Crippen LogP contribution in [-0.4, -0.2) is 16.8 Å².